The van der Waals surface area contributed by atoms with Crippen molar-refractivity contribution in [3.63, 3.8) is 0 Å². The molecule has 0 saturated carbocycles. The molecule has 3 rings (SSSR count). The summed E-state index contributed by atoms with van der Waals surface area (Å²) in [5.41, 5.74) is 9.41. The highest BCUT2D eigenvalue weighted by Gasteiger charge is 2.24. The highest BCUT2D eigenvalue weighted by atomic mass is 16.2. The average Bonchev–Trinajstić information content (AvgIpc) is 2.82. The van der Waals surface area contributed by atoms with Gasteiger partial charge in [-0.2, -0.15) is 0 Å². The number of fused-ring (bicyclic) bond motifs is 1. The summed E-state index contributed by atoms with van der Waals surface area (Å²) in [5, 5.41) is 0. The van der Waals surface area contributed by atoms with E-state index < -0.39 is 0 Å². The third kappa shape index (κ3) is 2.29. The summed E-state index contributed by atoms with van der Waals surface area (Å²) in [4.78, 5) is 18.3. The number of nitrogens with two attached hydrogens (primary N) is 1. The van der Waals surface area contributed by atoms with E-state index in [1.165, 1.54) is 5.56 Å². The molecule has 0 aliphatic carbocycles. The van der Waals surface area contributed by atoms with Gasteiger partial charge in [0.1, 0.15) is 0 Å². The highest BCUT2D eigenvalue weighted by Crippen LogP contribution is 2.30. The fourth-order valence-corrected chi connectivity index (χ4v) is 2.41. The molecule has 1 amide bonds. The Hall–Kier alpha value is -2.36. The summed E-state index contributed by atoms with van der Waals surface area (Å²) in [7, 11) is 0. The normalized spacial score (nSPS) is 13.4. The summed E-state index contributed by atoms with van der Waals surface area (Å²) in [5.74, 6) is 0.0723. The first-order valence-electron chi connectivity index (χ1n) is 6.33. The molecule has 0 spiro atoms. The number of nitrogens with zero attached hydrogens (tertiary/aromatic N) is 2. The van der Waals surface area contributed by atoms with Gasteiger partial charge < -0.3 is 10.6 Å². The third-order valence-electron chi connectivity index (χ3n) is 3.36. The molecular formula is C15H15N3O. The SMILES string of the molecule is Nc1ccc2c(c1)N(C(=O)Cc1ccccn1)CC2. The number of anilines is 2. The van der Waals surface area contributed by atoms with Crippen molar-refractivity contribution in [2.75, 3.05) is 17.2 Å². The van der Waals surface area contributed by atoms with Gasteiger partial charge in [0.25, 0.3) is 0 Å². The number of amides is 1. The van der Waals surface area contributed by atoms with E-state index in [-0.39, 0.29) is 5.91 Å². The van der Waals surface area contributed by atoms with Crippen LogP contribution < -0.4 is 10.6 Å². The van der Waals surface area contributed by atoms with Gasteiger partial charge >= 0.3 is 0 Å². The van der Waals surface area contributed by atoms with Crippen LogP contribution in [0, 0.1) is 0 Å². The Morgan fingerprint density at radius 1 is 1.32 bits per heavy atom. The number of hydrogen-bond donors (Lipinski definition) is 1. The van der Waals surface area contributed by atoms with Crippen LogP contribution in [0.5, 0.6) is 0 Å². The molecule has 1 aliphatic heterocycles. The molecule has 1 aromatic carbocycles. The molecule has 0 saturated heterocycles. The second-order valence-electron chi connectivity index (χ2n) is 4.68. The van der Waals surface area contributed by atoms with Crippen molar-refractivity contribution in [1.29, 1.82) is 0 Å². The number of pyridine rings is 1. The Bertz CT molecular complexity index is 610. The maximum absolute atomic E-state index is 12.3. The maximum atomic E-state index is 12.3. The smallest absolute Gasteiger partial charge is 0.233 e. The minimum absolute atomic E-state index is 0.0723. The largest absolute Gasteiger partial charge is 0.399 e. The van der Waals surface area contributed by atoms with E-state index in [1.54, 1.807) is 11.1 Å². The zero-order valence-corrected chi connectivity index (χ0v) is 10.5. The number of hydrogen-bond acceptors (Lipinski definition) is 3. The summed E-state index contributed by atoms with van der Waals surface area (Å²) in [6.45, 7) is 0.727. The quantitative estimate of drug-likeness (QED) is 0.830. The second-order valence-corrected chi connectivity index (χ2v) is 4.68. The number of nitrogen functional groups attached to an aromatic ring is 1. The predicted molar refractivity (Wildman–Crippen MR) is 74.9 cm³/mol. The highest BCUT2D eigenvalue weighted by molar-refractivity contribution is 5.97. The van der Waals surface area contributed by atoms with Gasteiger partial charge in [-0.25, -0.2) is 0 Å². The zero-order chi connectivity index (χ0) is 13.2. The fourth-order valence-electron chi connectivity index (χ4n) is 2.41. The predicted octanol–water partition coefficient (Wildman–Crippen LogP) is 1.80. The van der Waals surface area contributed by atoms with Crippen LogP contribution in [0.25, 0.3) is 0 Å². The zero-order valence-electron chi connectivity index (χ0n) is 10.5. The van der Waals surface area contributed by atoms with E-state index in [1.807, 2.05) is 36.4 Å². The van der Waals surface area contributed by atoms with Crippen molar-refractivity contribution in [3.8, 4) is 0 Å². The number of benzene rings is 1. The number of aromatic nitrogens is 1. The molecule has 0 atom stereocenters. The molecule has 4 heteroatoms. The molecule has 2 heterocycles. The van der Waals surface area contributed by atoms with E-state index in [4.69, 9.17) is 5.73 Å². The number of carbonyl (C=O) groups is 1. The van der Waals surface area contributed by atoms with Crippen molar-refractivity contribution >= 4 is 17.3 Å². The van der Waals surface area contributed by atoms with Crippen LogP contribution in [0.3, 0.4) is 0 Å². The van der Waals surface area contributed by atoms with Gasteiger partial charge in [-0.05, 0) is 36.2 Å². The lowest BCUT2D eigenvalue weighted by Crippen LogP contribution is -2.30. The summed E-state index contributed by atoms with van der Waals surface area (Å²) in [6, 6.07) is 11.4. The van der Waals surface area contributed by atoms with Crippen LogP contribution >= 0.6 is 0 Å². The monoisotopic (exact) mass is 253 g/mol. The number of carbonyl (C=O) groups excluding carboxylic acids is 1. The summed E-state index contributed by atoms with van der Waals surface area (Å²) in [6.07, 6.45) is 2.93. The Kier molecular flexibility index (Phi) is 2.91. The minimum Gasteiger partial charge on any atom is -0.399 e. The van der Waals surface area contributed by atoms with Crippen LogP contribution in [0.1, 0.15) is 11.3 Å². The molecule has 96 valence electrons. The first-order valence-corrected chi connectivity index (χ1v) is 6.33. The second kappa shape index (κ2) is 4.72. The Balaban J connectivity index is 1.82. The molecule has 2 aromatic rings. The summed E-state index contributed by atoms with van der Waals surface area (Å²) < 4.78 is 0. The van der Waals surface area contributed by atoms with Gasteiger partial charge in [-0.1, -0.05) is 12.1 Å². The standard InChI is InChI=1S/C15H15N3O/c16-12-5-4-11-6-8-18(14(11)9-12)15(19)10-13-3-1-2-7-17-13/h1-5,7,9H,6,8,10,16H2. The molecule has 1 aromatic heterocycles. The van der Waals surface area contributed by atoms with Crippen molar-refractivity contribution in [2.45, 2.75) is 12.8 Å². The van der Waals surface area contributed by atoms with Crippen LogP contribution in [0.4, 0.5) is 11.4 Å². The maximum Gasteiger partial charge on any atom is 0.233 e. The van der Waals surface area contributed by atoms with Crippen LogP contribution in [0.15, 0.2) is 42.6 Å². The molecule has 4 nitrogen and oxygen atoms in total. The van der Waals surface area contributed by atoms with Crippen molar-refractivity contribution in [2.24, 2.45) is 0 Å². The Morgan fingerprint density at radius 3 is 3.00 bits per heavy atom. The molecule has 1 aliphatic rings. The molecule has 0 fully saturated rings. The number of rotatable bonds is 2. The van der Waals surface area contributed by atoms with E-state index in [2.05, 4.69) is 4.98 Å². The van der Waals surface area contributed by atoms with Crippen LogP contribution in [-0.4, -0.2) is 17.4 Å². The molecule has 0 unspecified atom stereocenters. The topological polar surface area (TPSA) is 59.2 Å². The van der Waals surface area contributed by atoms with E-state index in [9.17, 15) is 4.79 Å². The molecule has 2 N–H and O–H groups in total. The first kappa shape index (κ1) is 11.7. The van der Waals surface area contributed by atoms with Gasteiger partial charge in [0.05, 0.1) is 6.42 Å². The van der Waals surface area contributed by atoms with Crippen molar-refractivity contribution in [3.05, 3.63) is 53.9 Å². The van der Waals surface area contributed by atoms with Gasteiger partial charge in [0, 0.05) is 29.8 Å². The Morgan fingerprint density at radius 2 is 2.21 bits per heavy atom. The van der Waals surface area contributed by atoms with Crippen molar-refractivity contribution < 1.29 is 4.79 Å². The fraction of sp³-hybridized carbons (Fsp3) is 0.200. The van der Waals surface area contributed by atoms with E-state index in [0.717, 1.165) is 24.3 Å². The third-order valence-corrected chi connectivity index (χ3v) is 3.36. The van der Waals surface area contributed by atoms with Crippen LogP contribution in [0.2, 0.25) is 0 Å². The van der Waals surface area contributed by atoms with Crippen LogP contribution in [-0.2, 0) is 17.6 Å². The van der Waals surface area contributed by atoms with Gasteiger partial charge in [0.2, 0.25) is 5.91 Å². The lowest BCUT2D eigenvalue weighted by Gasteiger charge is -2.17. The lowest BCUT2D eigenvalue weighted by atomic mass is 10.1. The Labute approximate surface area is 111 Å². The van der Waals surface area contributed by atoms with Gasteiger partial charge in [-0.3, -0.25) is 9.78 Å². The average molecular weight is 253 g/mol. The van der Waals surface area contributed by atoms with E-state index in [0.29, 0.717) is 12.1 Å². The minimum atomic E-state index is 0.0723. The van der Waals surface area contributed by atoms with E-state index >= 15 is 0 Å². The first-order chi connectivity index (χ1) is 9.24. The molecule has 0 bridgehead atoms. The van der Waals surface area contributed by atoms with Gasteiger partial charge in [0.15, 0.2) is 0 Å². The van der Waals surface area contributed by atoms with Crippen molar-refractivity contribution in [1.82, 2.24) is 4.98 Å². The molecule has 19 heavy (non-hydrogen) atoms. The van der Waals surface area contributed by atoms with Gasteiger partial charge in [-0.15, -0.1) is 0 Å². The summed E-state index contributed by atoms with van der Waals surface area (Å²) >= 11 is 0. The lowest BCUT2D eigenvalue weighted by molar-refractivity contribution is -0.117. The molecule has 0 radical (unpaired) electrons. The molecular weight excluding hydrogens is 238 g/mol.